The molecule has 0 heterocycles. The Morgan fingerprint density at radius 3 is 2.38 bits per heavy atom. The Hall–Kier alpha value is -1.88. The highest BCUT2D eigenvalue weighted by atomic mass is 16.5. The molecule has 0 bridgehead atoms. The Balaban J connectivity index is 2.61. The highest BCUT2D eigenvalue weighted by Crippen LogP contribution is 2.07. The van der Waals surface area contributed by atoms with Crippen LogP contribution in [-0.2, 0) is 20.7 Å². The summed E-state index contributed by atoms with van der Waals surface area (Å²) in [7, 11) is 1.33. The van der Waals surface area contributed by atoms with Gasteiger partial charge in [0.15, 0.2) is 6.04 Å². The van der Waals surface area contributed by atoms with E-state index in [-0.39, 0.29) is 11.8 Å². The number of nitrogens with one attached hydrogen (secondary N) is 1. The van der Waals surface area contributed by atoms with Crippen LogP contribution >= 0.6 is 0 Å². The maximum atomic E-state index is 12.2. The van der Waals surface area contributed by atoms with Crippen molar-refractivity contribution in [2.75, 3.05) is 7.11 Å². The van der Waals surface area contributed by atoms with Crippen molar-refractivity contribution < 1.29 is 20.1 Å². The molecular formula is C16H25N2O3+. The average molecular weight is 293 g/mol. The molecule has 0 aliphatic rings. The van der Waals surface area contributed by atoms with Gasteiger partial charge in [0.1, 0.15) is 6.04 Å². The van der Waals surface area contributed by atoms with Crippen LogP contribution in [-0.4, -0.2) is 31.1 Å². The molecule has 0 spiro atoms. The van der Waals surface area contributed by atoms with Crippen LogP contribution in [0.3, 0.4) is 0 Å². The van der Waals surface area contributed by atoms with Crippen LogP contribution in [0, 0.1) is 5.92 Å². The third-order valence-corrected chi connectivity index (χ3v) is 3.21. The molecule has 5 heteroatoms. The summed E-state index contributed by atoms with van der Waals surface area (Å²) in [6.45, 7) is 3.99. The summed E-state index contributed by atoms with van der Waals surface area (Å²) in [5, 5.41) is 2.74. The minimum Gasteiger partial charge on any atom is -0.467 e. The molecule has 0 aliphatic carbocycles. The predicted molar refractivity (Wildman–Crippen MR) is 80.2 cm³/mol. The van der Waals surface area contributed by atoms with Gasteiger partial charge >= 0.3 is 5.97 Å². The van der Waals surface area contributed by atoms with Gasteiger partial charge in [-0.05, 0) is 17.9 Å². The number of hydrogen-bond acceptors (Lipinski definition) is 3. The molecule has 0 radical (unpaired) electrons. The van der Waals surface area contributed by atoms with Crippen molar-refractivity contribution >= 4 is 11.9 Å². The minimum atomic E-state index is -0.609. The lowest BCUT2D eigenvalue weighted by Gasteiger charge is -2.19. The molecule has 0 aromatic heterocycles. The van der Waals surface area contributed by atoms with Crippen LogP contribution < -0.4 is 11.1 Å². The SMILES string of the molecule is COC(=O)[C@@H](CC(C)C)NC(=O)[C@@H]([NH3+])Cc1ccccc1. The van der Waals surface area contributed by atoms with Crippen LogP contribution in [0.25, 0.3) is 0 Å². The monoisotopic (exact) mass is 293 g/mol. The van der Waals surface area contributed by atoms with Crippen molar-refractivity contribution in [3.8, 4) is 0 Å². The second-order valence-corrected chi connectivity index (χ2v) is 5.60. The number of carbonyl (C=O) groups excluding carboxylic acids is 2. The van der Waals surface area contributed by atoms with Crippen LogP contribution in [0.5, 0.6) is 0 Å². The Bertz CT molecular complexity index is 460. The summed E-state index contributed by atoms with van der Waals surface area (Å²) in [6, 6.07) is 8.65. The van der Waals surface area contributed by atoms with Gasteiger partial charge in [0.05, 0.1) is 7.11 Å². The van der Waals surface area contributed by atoms with E-state index >= 15 is 0 Å². The third kappa shape index (κ3) is 5.95. The molecule has 0 aliphatic heterocycles. The zero-order valence-electron chi connectivity index (χ0n) is 13.0. The van der Waals surface area contributed by atoms with Crippen molar-refractivity contribution in [1.29, 1.82) is 0 Å². The first-order valence-corrected chi connectivity index (χ1v) is 7.19. The van der Waals surface area contributed by atoms with E-state index in [1.807, 2.05) is 44.2 Å². The summed E-state index contributed by atoms with van der Waals surface area (Å²) in [5.74, 6) is -0.356. The van der Waals surface area contributed by atoms with Gasteiger partial charge in [-0.3, -0.25) is 4.79 Å². The number of ether oxygens (including phenoxy) is 1. The predicted octanol–water partition coefficient (Wildman–Crippen LogP) is 0.544. The van der Waals surface area contributed by atoms with Crippen molar-refractivity contribution in [3.63, 3.8) is 0 Å². The second-order valence-electron chi connectivity index (χ2n) is 5.60. The molecule has 116 valence electrons. The highest BCUT2D eigenvalue weighted by molar-refractivity contribution is 5.86. The van der Waals surface area contributed by atoms with Crippen molar-refractivity contribution in [3.05, 3.63) is 35.9 Å². The number of amides is 1. The lowest BCUT2D eigenvalue weighted by molar-refractivity contribution is -0.403. The third-order valence-electron chi connectivity index (χ3n) is 3.21. The standard InChI is InChI=1S/C16H24N2O3/c1-11(2)9-14(16(20)21-3)18-15(19)13(17)10-12-7-5-4-6-8-12/h4-8,11,13-14H,9-10,17H2,1-3H3,(H,18,19)/p+1/t13-,14+/m0/s1. The van der Waals surface area contributed by atoms with E-state index in [4.69, 9.17) is 4.74 Å². The van der Waals surface area contributed by atoms with Crippen molar-refractivity contribution in [1.82, 2.24) is 5.32 Å². The van der Waals surface area contributed by atoms with E-state index in [2.05, 4.69) is 11.1 Å². The Labute approximate surface area is 125 Å². The molecule has 0 fully saturated rings. The Morgan fingerprint density at radius 2 is 1.86 bits per heavy atom. The molecule has 5 nitrogen and oxygen atoms in total. The van der Waals surface area contributed by atoms with Crippen LogP contribution in [0.15, 0.2) is 30.3 Å². The van der Waals surface area contributed by atoms with E-state index < -0.39 is 18.1 Å². The smallest absolute Gasteiger partial charge is 0.328 e. The molecule has 1 aromatic rings. The number of carbonyl (C=O) groups is 2. The number of benzene rings is 1. The quantitative estimate of drug-likeness (QED) is 0.720. The zero-order valence-corrected chi connectivity index (χ0v) is 13.0. The lowest BCUT2D eigenvalue weighted by Crippen LogP contribution is -2.69. The molecular weight excluding hydrogens is 268 g/mol. The van der Waals surface area contributed by atoms with E-state index in [0.29, 0.717) is 12.8 Å². The molecule has 21 heavy (non-hydrogen) atoms. The van der Waals surface area contributed by atoms with Gasteiger partial charge in [0.2, 0.25) is 0 Å². The lowest BCUT2D eigenvalue weighted by atomic mass is 10.0. The van der Waals surface area contributed by atoms with Gasteiger partial charge in [-0.1, -0.05) is 44.2 Å². The van der Waals surface area contributed by atoms with Crippen molar-refractivity contribution in [2.45, 2.75) is 38.8 Å². The molecule has 1 amide bonds. The van der Waals surface area contributed by atoms with E-state index in [9.17, 15) is 9.59 Å². The maximum Gasteiger partial charge on any atom is 0.328 e. The van der Waals surface area contributed by atoms with Gasteiger partial charge in [-0.2, -0.15) is 0 Å². The summed E-state index contributed by atoms with van der Waals surface area (Å²) in [4.78, 5) is 23.9. The number of rotatable bonds is 7. The topological polar surface area (TPSA) is 83.0 Å². The number of esters is 1. The fourth-order valence-electron chi connectivity index (χ4n) is 2.11. The molecule has 0 unspecified atom stereocenters. The normalized spacial score (nSPS) is 13.6. The molecule has 1 rings (SSSR count). The summed E-state index contributed by atoms with van der Waals surface area (Å²) in [5.41, 5.74) is 4.93. The van der Waals surface area contributed by atoms with E-state index in [1.165, 1.54) is 7.11 Å². The van der Waals surface area contributed by atoms with E-state index in [1.54, 1.807) is 0 Å². The Kier molecular flexibility index (Phi) is 6.88. The minimum absolute atomic E-state index is 0.227. The van der Waals surface area contributed by atoms with Crippen molar-refractivity contribution in [2.24, 2.45) is 5.92 Å². The largest absolute Gasteiger partial charge is 0.467 e. The number of methoxy groups -OCH3 is 1. The van der Waals surface area contributed by atoms with Crippen LogP contribution in [0.4, 0.5) is 0 Å². The van der Waals surface area contributed by atoms with Gasteiger partial charge in [-0.25, -0.2) is 4.79 Å². The van der Waals surface area contributed by atoms with Gasteiger partial charge < -0.3 is 15.8 Å². The fraction of sp³-hybridized carbons (Fsp3) is 0.500. The average Bonchev–Trinajstić information content (AvgIpc) is 2.46. The first-order valence-electron chi connectivity index (χ1n) is 7.19. The Morgan fingerprint density at radius 1 is 1.24 bits per heavy atom. The molecule has 1 aromatic carbocycles. The summed E-state index contributed by atoms with van der Waals surface area (Å²) in [6.07, 6.45) is 1.10. The first-order chi connectivity index (χ1) is 9.93. The van der Waals surface area contributed by atoms with E-state index in [0.717, 1.165) is 5.56 Å². The molecule has 0 saturated heterocycles. The van der Waals surface area contributed by atoms with Gasteiger partial charge in [-0.15, -0.1) is 0 Å². The highest BCUT2D eigenvalue weighted by Gasteiger charge is 2.26. The zero-order chi connectivity index (χ0) is 15.8. The maximum absolute atomic E-state index is 12.2. The van der Waals surface area contributed by atoms with Crippen LogP contribution in [0.1, 0.15) is 25.8 Å². The molecule has 2 atom stereocenters. The fourth-order valence-corrected chi connectivity index (χ4v) is 2.11. The first kappa shape index (κ1) is 17.2. The number of quaternary nitrogens is 1. The van der Waals surface area contributed by atoms with Crippen LogP contribution in [0.2, 0.25) is 0 Å². The van der Waals surface area contributed by atoms with Gasteiger partial charge in [0, 0.05) is 6.42 Å². The number of hydrogen-bond donors (Lipinski definition) is 2. The summed E-state index contributed by atoms with van der Waals surface area (Å²) >= 11 is 0. The summed E-state index contributed by atoms with van der Waals surface area (Å²) < 4.78 is 4.74. The molecule has 4 N–H and O–H groups in total. The second kappa shape index (κ2) is 8.42. The van der Waals surface area contributed by atoms with Gasteiger partial charge in [0.25, 0.3) is 5.91 Å². The molecule has 0 saturated carbocycles.